The van der Waals surface area contributed by atoms with Crippen molar-refractivity contribution in [2.45, 2.75) is 25.5 Å². The van der Waals surface area contributed by atoms with Crippen molar-refractivity contribution >= 4 is 23.2 Å². The van der Waals surface area contributed by atoms with Crippen LogP contribution < -0.4 is 5.32 Å². The summed E-state index contributed by atoms with van der Waals surface area (Å²) < 4.78 is 5.43. The molecule has 1 aromatic rings. The highest BCUT2D eigenvalue weighted by molar-refractivity contribution is 6.35. The smallest absolute Gasteiger partial charge is 0.0897 e. The molecule has 0 bridgehead atoms. The zero-order chi connectivity index (χ0) is 13.7. The maximum Gasteiger partial charge on any atom is 0.0897 e. The third-order valence-corrected chi connectivity index (χ3v) is 3.66. The lowest BCUT2D eigenvalue weighted by Crippen LogP contribution is -2.30. The third kappa shape index (κ3) is 5.67. The molecule has 0 spiro atoms. The van der Waals surface area contributed by atoms with Crippen molar-refractivity contribution < 1.29 is 9.84 Å². The van der Waals surface area contributed by atoms with Gasteiger partial charge in [0, 0.05) is 29.7 Å². The van der Waals surface area contributed by atoms with Gasteiger partial charge in [0.15, 0.2) is 0 Å². The van der Waals surface area contributed by atoms with Crippen LogP contribution in [0.2, 0.25) is 10.0 Å². The summed E-state index contributed by atoms with van der Waals surface area (Å²) in [4.78, 5) is 0. The second-order valence-corrected chi connectivity index (χ2v) is 5.84. The van der Waals surface area contributed by atoms with Gasteiger partial charge in [-0.05, 0) is 36.5 Å². The summed E-state index contributed by atoms with van der Waals surface area (Å²) in [5, 5.41) is 14.2. The summed E-state index contributed by atoms with van der Waals surface area (Å²) in [6, 6.07) is 5.41. The van der Waals surface area contributed by atoms with Crippen LogP contribution in [0, 0.1) is 5.92 Å². The predicted molar refractivity (Wildman–Crippen MR) is 77.7 cm³/mol. The maximum atomic E-state index is 9.73. The average Bonchev–Trinajstić information content (AvgIpc) is 3.16. The Bertz CT molecular complexity index is 410. The van der Waals surface area contributed by atoms with Gasteiger partial charge < -0.3 is 15.2 Å². The molecule has 1 aromatic carbocycles. The molecule has 1 aliphatic rings. The predicted octanol–water partition coefficient (Wildman–Crippen LogP) is 2.87. The van der Waals surface area contributed by atoms with Crippen LogP contribution >= 0.6 is 23.2 Å². The highest BCUT2D eigenvalue weighted by atomic mass is 35.5. The van der Waals surface area contributed by atoms with Crippen LogP contribution in [0.5, 0.6) is 0 Å². The van der Waals surface area contributed by atoms with Gasteiger partial charge in [-0.2, -0.15) is 0 Å². The Labute approximate surface area is 123 Å². The van der Waals surface area contributed by atoms with Crippen LogP contribution in [-0.2, 0) is 11.3 Å². The summed E-state index contributed by atoms with van der Waals surface area (Å²) >= 11 is 11.9. The summed E-state index contributed by atoms with van der Waals surface area (Å²) in [7, 11) is 0. The van der Waals surface area contributed by atoms with E-state index in [9.17, 15) is 5.11 Å². The van der Waals surface area contributed by atoms with Crippen molar-refractivity contribution in [1.29, 1.82) is 0 Å². The number of ether oxygens (including phenoxy) is 1. The van der Waals surface area contributed by atoms with Crippen LogP contribution in [0.1, 0.15) is 18.4 Å². The monoisotopic (exact) mass is 303 g/mol. The SMILES string of the molecule is OC(CNCc1ccc(Cl)cc1Cl)COCC1CC1. The van der Waals surface area contributed by atoms with Gasteiger partial charge in [0.2, 0.25) is 0 Å². The number of hydrogen-bond acceptors (Lipinski definition) is 3. The van der Waals surface area contributed by atoms with Crippen LogP contribution in [0.25, 0.3) is 0 Å². The molecule has 5 heteroatoms. The minimum atomic E-state index is -0.482. The lowest BCUT2D eigenvalue weighted by atomic mass is 10.2. The van der Waals surface area contributed by atoms with Gasteiger partial charge in [-0.15, -0.1) is 0 Å². The van der Waals surface area contributed by atoms with Crippen LogP contribution in [0.15, 0.2) is 18.2 Å². The van der Waals surface area contributed by atoms with E-state index in [-0.39, 0.29) is 0 Å². The van der Waals surface area contributed by atoms with Gasteiger partial charge >= 0.3 is 0 Å². The quantitative estimate of drug-likeness (QED) is 0.776. The van der Waals surface area contributed by atoms with Crippen molar-refractivity contribution in [2.75, 3.05) is 19.8 Å². The maximum absolute atomic E-state index is 9.73. The van der Waals surface area contributed by atoms with Crippen molar-refractivity contribution in [3.05, 3.63) is 33.8 Å². The van der Waals surface area contributed by atoms with E-state index in [0.717, 1.165) is 18.1 Å². The fourth-order valence-electron chi connectivity index (χ4n) is 1.75. The lowest BCUT2D eigenvalue weighted by molar-refractivity contribution is 0.0324. The topological polar surface area (TPSA) is 41.5 Å². The van der Waals surface area contributed by atoms with Gasteiger partial charge in [-0.25, -0.2) is 0 Å². The van der Waals surface area contributed by atoms with E-state index >= 15 is 0 Å². The molecular weight excluding hydrogens is 285 g/mol. The standard InChI is InChI=1S/C14H19Cl2NO2/c15-12-4-3-11(14(16)5-12)6-17-7-13(18)9-19-8-10-1-2-10/h3-5,10,13,17-18H,1-2,6-9H2. The van der Waals surface area contributed by atoms with Gasteiger partial charge in [0.05, 0.1) is 12.7 Å². The number of nitrogens with one attached hydrogen (secondary N) is 1. The summed E-state index contributed by atoms with van der Waals surface area (Å²) in [6.45, 7) is 2.26. The second kappa shape index (κ2) is 7.46. The molecule has 2 rings (SSSR count). The number of hydrogen-bond donors (Lipinski definition) is 2. The molecule has 0 aromatic heterocycles. The van der Waals surface area contributed by atoms with Crippen molar-refractivity contribution in [3.63, 3.8) is 0 Å². The van der Waals surface area contributed by atoms with Gasteiger partial charge in [0.1, 0.15) is 0 Å². The molecule has 1 fully saturated rings. The molecule has 0 amide bonds. The van der Waals surface area contributed by atoms with E-state index in [2.05, 4.69) is 5.32 Å². The number of benzene rings is 1. The summed E-state index contributed by atoms with van der Waals surface area (Å²) in [5.41, 5.74) is 0.970. The molecule has 1 unspecified atom stereocenters. The number of halogens is 2. The van der Waals surface area contributed by atoms with Crippen molar-refractivity contribution in [2.24, 2.45) is 5.92 Å². The Morgan fingerprint density at radius 3 is 2.84 bits per heavy atom. The summed E-state index contributed by atoms with van der Waals surface area (Å²) in [5.74, 6) is 0.730. The first-order valence-electron chi connectivity index (χ1n) is 6.55. The van der Waals surface area contributed by atoms with Crippen LogP contribution in [0.3, 0.4) is 0 Å². The molecule has 1 atom stereocenters. The van der Waals surface area contributed by atoms with Gasteiger partial charge in [0.25, 0.3) is 0 Å². The normalized spacial score (nSPS) is 16.6. The largest absolute Gasteiger partial charge is 0.389 e. The molecule has 1 saturated carbocycles. The van der Waals surface area contributed by atoms with Crippen molar-refractivity contribution in [3.8, 4) is 0 Å². The minimum Gasteiger partial charge on any atom is -0.389 e. The fraction of sp³-hybridized carbons (Fsp3) is 0.571. The Morgan fingerprint density at radius 2 is 2.16 bits per heavy atom. The summed E-state index contributed by atoms with van der Waals surface area (Å²) in [6.07, 6.45) is 2.05. The Balaban J connectivity index is 1.61. The van der Waals surface area contributed by atoms with Crippen molar-refractivity contribution in [1.82, 2.24) is 5.32 Å². The lowest BCUT2D eigenvalue weighted by Gasteiger charge is -2.13. The van der Waals surface area contributed by atoms with E-state index < -0.39 is 6.10 Å². The second-order valence-electron chi connectivity index (χ2n) is 5.00. The van der Waals surface area contributed by atoms with E-state index in [4.69, 9.17) is 27.9 Å². The first-order chi connectivity index (χ1) is 9.15. The third-order valence-electron chi connectivity index (χ3n) is 3.07. The highest BCUT2D eigenvalue weighted by Crippen LogP contribution is 2.28. The minimum absolute atomic E-state index is 0.387. The zero-order valence-electron chi connectivity index (χ0n) is 10.7. The average molecular weight is 304 g/mol. The Kier molecular flexibility index (Phi) is 5.92. The molecular formula is C14H19Cl2NO2. The molecule has 2 N–H and O–H groups in total. The fourth-order valence-corrected chi connectivity index (χ4v) is 2.23. The van der Waals surface area contributed by atoms with E-state index in [1.54, 1.807) is 12.1 Å². The molecule has 3 nitrogen and oxygen atoms in total. The van der Waals surface area contributed by atoms with E-state index in [1.807, 2.05) is 6.07 Å². The number of aliphatic hydroxyl groups is 1. The Hall–Kier alpha value is -0.320. The molecule has 0 saturated heterocycles. The first kappa shape index (κ1) is 15.1. The molecule has 0 aliphatic heterocycles. The first-order valence-corrected chi connectivity index (χ1v) is 7.31. The molecule has 1 aliphatic carbocycles. The van der Waals surface area contributed by atoms with Crippen LogP contribution in [-0.4, -0.2) is 31.0 Å². The zero-order valence-corrected chi connectivity index (χ0v) is 12.3. The highest BCUT2D eigenvalue weighted by Gasteiger charge is 2.21. The van der Waals surface area contributed by atoms with Crippen LogP contribution in [0.4, 0.5) is 0 Å². The Morgan fingerprint density at radius 1 is 1.37 bits per heavy atom. The van der Waals surface area contributed by atoms with Gasteiger partial charge in [-0.1, -0.05) is 29.3 Å². The molecule has 19 heavy (non-hydrogen) atoms. The van der Waals surface area contributed by atoms with E-state index in [0.29, 0.717) is 29.7 Å². The number of rotatable bonds is 8. The van der Waals surface area contributed by atoms with Gasteiger partial charge in [-0.3, -0.25) is 0 Å². The number of aliphatic hydroxyl groups excluding tert-OH is 1. The van der Waals surface area contributed by atoms with E-state index in [1.165, 1.54) is 12.8 Å². The molecule has 0 radical (unpaired) electrons. The molecule has 106 valence electrons. The molecule has 0 heterocycles.